The lowest BCUT2D eigenvalue weighted by Gasteiger charge is -1.96. The molecule has 0 saturated carbocycles. The SMILES string of the molecule is NC1=NCCCCN1. The topological polar surface area (TPSA) is 50.4 Å². The molecule has 0 atom stereocenters. The molecule has 0 spiro atoms. The van der Waals surface area contributed by atoms with Gasteiger partial charge in [-0.3, -0.25) is 4.99 Å². The van der Waals surface area contributed by atoms with Crippen LogP contribution in [-0.2, 0) is 0 Å². The number of nitrogens with two attached hydrogens (primary N) is 1. The maximum Gasteiger partial charge on any atom is 0.188 e. The van der Waals surface area contributed by atoms with Crippen molar-refractivity contribution < 1.29 is 0 Å². The summed E-state index contributed by atoms with van der Waals surface area (Å²) in [4.78, 5) is 4.01. The second kappa shape index (κ2) is 2.55. The Labute approximate surface area is 49.0 Å². The molecule has 0 amide bonds. The number of nitrogens with zero attached hydrogens (tertiary/aromatic N) is 1. The van der Waals surface area contributed by atoms with Crippen molar-refractivity contribution in [3.05, 3.63) is 0 Å². The van der Waals surface area contributed by atoms with E-state index in [2.05, 4.69) is 10.3 Å². The molecule has 0 aromatic rings. The first-order chi connectivity index (χ1) is 3.89. The maximum atomic E-state index is 5.37. The Morgan fingerprint density at radius 1 is 1.50 bits per heavy atom. The third kappa shape index (κ3) is 1.40. The molecule has 0 saturated heterocycles. The van der Waals surface area contributed by atoms with Crippen LogP contribution in [0.4, 0.5) is 0 Å². The molecule has 0 aliphatic carbocycles. The van der Waals surface area contributed by atoms with Crippen molar-refractivity contribution in [3.63, 3.8) is 0 Å². The van der Waals surface area contributed by atoms with Gasteiger partial charge >= 0.3 is 0 Å². The first-order valence-electron chi connectivity index (χ1n) is 2.93. The molecular formula is C5H11N3. The van der Waals surface area contributed by atoms with E-state index in [0.717, 1.165) is 19.5 Å². The summed E-state index contributed by atoms with van der Waals surface area (Å²) in [5.74, 6) is 0.600. The standard InChI is InChI=1S/C5H11N3/c6-5-7-3-1-2-4-8-5/h1-4H2,(H3,6,7,8). The summed E-state index contributed by atoms with van der Waals surface area (Å²) in [6.45, 7) is 1.87. The first-order valence-corrected chi connectivity index (χ1v) is 2.93. The molecule has 0 unspecified atom stereocenters. The van der Waals surface area contributed by atoms with Gasteiger partial charge in [-0.1, -0.05) is 0 Å². The number of hydrogen-bond donors (Lipinski definition) is 2. The lowest BCUT2D eigenvalue weighted by molar-refractivity contribution is 0.749. The zero-order valence-corrected chi connectivity index (χ0v) is 4.85. The molecule has 1 aliphatic heterocycles. The molecule has 46 valence electrons. The molecule has 0 radical (unpaired) electrons. The summed E-state index contributed by atoms with van der Waals surface area (Å²) in [7, 11) is 0. The molecule has 3 N–H and O–H groups in total. The Hall–Kier alpha value is -0.730. The Bertz CT molecular complexity index is 97.8. The summed E-state index contributed by atoms with van der Waals surface area (Å²) in [6.07, 6.45) is 2.35. The van der Waals surface area contributed by atoms with Crippen LogP contribution < -0.4 is 11.1 Å². The van der Waals surface area contributed by atoms with Gasteiger partial charge in [0, 0.05) is 13.1 Å². The Kier molecular flexibility index (Phi) is 1.72. The van der Waals surface area contributed by atoms with E-state index in [9.17, 15) is 0 Å². The van der Waals surface area contributed by atoms with Crippen LogP contribution in [-0.4, -0.2) is 19.0 Å². The van der Waals surface area contributed by atoms with E-state index in [1.165, 1.54) is 6.42 Å². The average molecular weight is 113 g/mol. The lowest BCUT2D eigenvalue weighted by Crippen LogP contribution is -2.30. The normalized spacial score (nSPS) is 20.8. The van der Waals surface area contributed by atoms with Crippen LogP contribution >= 0.6 is 0 Å². The summed E-state index contributed by atoms with van der Waals surface area (Å²) in [6, 6.07) is 0. The van der Waals surface area contributed by atoms with Gasteiger partial charge in [0.15, 0.2) is 5.96 Å². The summed E-state index contributed by atoms with van der Waals surface area (Å²) in [5.41, 5.74) is 5.37. The van der Waals surface area contributed by atoms with Crippen LogP contribution in [0.2, 0.25) is 0 Å². The summed E-state index contributed by atoms with van der Waals surface area (Å²) < 4.78 is 0. The molecule has 1 rings (SSSR count). The highest BCUT2D eigenvalue weighted by Gasteiger charge is 1.95. The van der Waals surface area contributed by atoms with Crippen molar-refractivity contribution in [1.82, 2.24) is 5.32 Å². The number of hydrogen-bond acceptors (Lipinski definition) is 3. The minimum Gasteiger partial charge on any atom is -0.370 e. The molecule has 0 aromatic heterocycles. The third-order valence-electron chi connectivity index (χ3n) is 1.17. The van der Waals surface area contributed by atoms with Crippen molar-refractivity contribution in [3.8, 4) is 0 Å². The first kappa shape index (κ1) is 5.41. The number of guanidine groups is 1. The van der Waals surface area contributed by atoms with E-state index in [1.54, 1.807) is 0 Å². The van der Waals surface area contributed by atoms with Crippen molar-refractivity contribution in [2.45, 2.75) is 12.8 Å². The fourth-order valence-electron chi connectivity index (χ4n) is 0.709. The second-order valence-corrected chi connectivity index (χ2v) is 1.90. The van der Waals surface area contributed by atoms with Gasteiger partial charge in [-0.05, 0) is 12.8 Å². The smallest absolute Gasteiger partial charge is 0.188 e. The van der Waals surface area contributed by atoms with Crippen LogP contribution in [0.1, 0.15) is 12.8 Å². The average Bonchev–Trinajstić information content (AvgIpc) is 1.94. The highest BCUT2D eigenvalue weighted by Crippen LogP contribution is 1.90. The molecule has 1 heterocycles. The summed E-state index contributed by atoms with van der Waals surface area (Å²) >= 11 is 0. The van der Waals surface area contributed by atoms with Crippen LogP contribution in [0.3, 0.4) is 0 Å². The van der Waals surface area contributed by atoms with Crippen LogP contribution in [0, 0.1) is 0 Å². The predicted molar refractivity (Wildman–Crippen MR) is 33.7 cm³/mol. The van der Waals surface area contributed by atoms with Crippen LogP contribution in [0.25, 0.3) is 0 Å². The molecule has 0 fully saturated rings. The second-order valence-electron chi connectivity index (χ2n) is 1.90. The van der Waals surface area contributed by atoms with E-state index < -0.39 is 0 Å². The fourth-order valence-corrected chi connectivity index (χ4v) is 0.709. The predicted octanol–water partition coefficient (Wildman–Crippen LogP) is -0.316. The van der Waals surface area contributed by atoms with E-state index in [1.807, 2.05) is 0 Å². The monoisotopic (exact) mass is 113 g/mol. The van der Waals surface area contributed by atoms with Crippen molar-refractivity contribution in [2.24, 2.45) is 10.7 Å². The summed E-state index contributed by atoms with van der Waals surface area (Å²) in [5, 5.41) is 2.97. The van der Waals surface area contributed by atoms with Gasteiger partial charge in [0.1, 0.15) is 0 Å². The quantitative estimate of drug-likeness (QED) is 0.452. The third-order valence-corrected chi connectivity index (χ3v) is 1.17. The van der Waals surface area contributed by atoms with Gasteiger partial charge in [0.05, 0.1) is 0 Å². The maximum absolute atomic E-state index is 5.37. The zero-order valence-electron chi connectivity index (χ0n) is 4.85. The fraction of sp³-hybridized carbons (Fsp3) is 0.800. The molecule has 3 nitrogen and oxygen atoms in total. The Morgan fingerprint density at radius 3 is 3.25 bits per heavy atom. The number of rotatable bonds is 0. The molecule has 0 aromatic carbocycles. The van der Waals surface area contributed by atoms with Gasteiger partial charge in [0.25, 0.3) is 0 Å². The van der Waals surface area contributed by atoms with Gasteiger partial charge in [0.2, 0.25) is 0 Å². The van der Waals surface area contributed by atoms with E-state index in [4.69, 9.17) is 5.73 Å². The van der Waals surface area contributed by atoms with Gasteiger partial charge < -0.3 is 11.1 Å². The van der Waals surface area contributed by atoms with Crippen molar-refractivity contribution in [1.29, 1.82) is 0 Å². The minimum atomic E-state index is 0.600. The van der Waals surface area contributed by atoms with Crippen LogP contribution in [0.15, 0.2) is 4.99 Å². The van der Waals surface area contributed by atoms with E-state index in [-0.39, 0.29) is 0 Å². The number of aliphatic imine (C=N–C) groups is 1. The van der Waals surface area contributed by atoms with Crippen molar-refractivity contribution in [2.75, 3.05) is 13.1 Å². The van der Waals surface area contributed by atoms with Gasteiger partial charge in [-0.2, -0.15) is 0 Å². The van der Waals surface area contributed by atoms with E-state index >= 15 is 0 Å². The minimum absolute atomic E-state index is 0.600. The Morgan fingerprint density at radius 2 is 2.38 bits per heavy atom. The Balaban J connectivity index is 2.36. The highest BCUT2D eigenvalue weighted by molar-refractivity contribution is 5.77. The molecule has 1 aliphatic rings. The lowest BCUT2D eigenvalue weighted by atomic mass is 10.3. The van der Waals surface area contributed by atoms with Crippen molar-refractivity contribution >= 4 is 5.96 Å². The molecule has 3 heteroatoms. The van der Waals surface area contributed by atoms with Crippen LogP contribution in [0.5, 0.6) is 0 Å². The number of nitrogens with one attached hydrogen (secondary N) is 1. The molecular weight excluding hydrogens is 102 g/mol. The zero-order chi connectivity index (χ0) is 5.82. The largest absolute Gasteiger partial charge is 0.370 e. The molecule has 8 heavy (non-hydrogen) atoms. The van der Waals surface area contributed by atoms with Gasteiger partial charge in [-0.15, -0.1) is 0 Å². The highest BCUT2D eigenvalue weighted by atomic mass is 15.1. The molecule has 0 bridgehead atoms. The van der Waals surface area contributed by atoms with E-state index in [0.29, 0.717) is 5.96 Å². The van der Waals surface area contributed by atoms with Gasteiger partial charge in [-0.25, -0.2) is 0 Å².